The van der Waals surface area contributed by atoms with Gasteiger partial charge in [0.25, 0.3) is 5.91 Å². The third kappa shape index (κ3) is 3.88. The zero-order valence-electron chi connectivity index (χ0n) is 10.2. The number of benzene rings is 1. The SMILES string of the molecule is Nc1[nH]ncc1C(=O)Nc1ccc(Br)cc1OC(F)(F)F. The minimum atomic E-state index is -4.88. The quantitative estimate of drug-likeness (QED) is 0.780. The number of anilines is 2. The molecule has 0 saturated carbocycles. The lowest BCUT2D eigenvalue weighted by Gasteiger charge is -2.14. The van der Waals surface area contributed by atoms with E-state index in [1.807, 2.05) is 0 Å². The molecular formula is C11H8BrF3N4O2. The van der Waals surface area contributed by atoms with E-state index in [0.29, 0.717) is 4.47 Å². The van der Waals surface area contributed by atoms with Crippen molar-refractivity contribution in [2.45, 2.75) is 6.36 Å². The first-order chi connectivity index (χ1) is 9.76. The van der Waals surface area contributed by atoms with Crippen LogP contribution in [-0.2, 0) is 0 Å². The van der Waals surface area contributed by atoms with Gasteiger partial charge >= 0.3 is 6.36 Å². The van der Waals surface area contributed by atoms with Gasteiger partial charge in [0, 0.05) is 4.47 Å². The van der Waals surface area contributed by atoms with Gasteiger partial charge in [-0.05, 0) is 18.2 Å². The number of carbonyl (C=O) groups excluding carboxylic acids is 1. The van der Waals surface area contributed by atoms with Gasteiger partial charge in [0.1, 0.15) is 11.4 Å². The van der Waals surface area contributed by atoms with E-state index in [1.165, 1.54) is 12.1 Å². The van der Waals surface area contributed by atoms with Gasteiger partial charge in [-0.25, -0.2) is 0 Å². The molecule has 0 saturated heterocycles. The van der Waals surface area contributed by atoms with Gasteiger partial charge in [-0.1, -0.05) is 15.9 Å². The van der Waals surface area contributed by atoms with Crippen LogP contribution in [0.25, 0.3) is 0 Å². The topological polar surface area (TPSA) is 93.0 Å². The van der Waals surface area contributed by atoms with Gasteiger partial charge in [0.2, 0.25) is 0 Å². The molecule has 1 amide bonds. The number of alkyl halides is 3. The third-order valence-electron chi connectivity index (χ3n) is 2.33. The van der Waals surface area contributed by atoms with Crippen molar-refractivity contribution in [3.8, 4) is 5.75 Å². The Morgan fingerprint density at radius 3 is 2.71 bits per heavy atom. The van der Waals surface area contributed by atoms with Crippen LogP contribution in [0, 0.1) is 0 Å². The first-order valence-electron chi connectivity index (χ1n) is 5.42. The zero-order chi connectivity index (χ0) is 15.6. The maximum Gasteiger partial charge on any atom is 0.573 e. The van der Waals surface area contributed by atoms with Crippen LogP contribution in [0.5, 0.6) is 5.75 Å². The van der Waals surface area contributed by atoms with Crippen LogP contribution in [0.15, 0.2) is 28.9 Å². The van der Waals surface area contributed by atoms with E-state index in [9.17, 15) is 18.0 Å². The number of hydrogen-bond donors (Lipinski definition) is 3. The molecule has 0 aliphatic rings. The molecule has 0 aliphatic heterocycles. The molecule has 21 heavy (non-hydrogen) atoms. The van der Waals surface area contributed by atoms with E-state index in [0.717, 1.165) is 12.3 Å². The monoisotopic (exact) mass is 364 g/mol. The average molecular weight is 365 g/mol. The summed E-state index contributed by atoms with van der Waals surface area (Å²) < 4.78 is 41.3. The smallest absolute Gasteiger partial charge is 0.404 e. The van der Waals surface area contributed by atoms with Crippen LogP contribution < -0.4 is 15.8 Å². The van der Waals surface area contributed by atoms with Crippen LogP contribution in [-0.4, -0.2) is 22.5 Å². The highest BCUT2D eigenvalue weighted by Gasteiger charge is 2.32. The Balaban J connectivity index is 2.27. The maximum absolute atomic E-state index is 12.3. The van der Waals surface area contributed by atoms with Crippen molar-refractivity contribution in [1.82, 2.24) is 10.2 Å². The van der Waals surface area contributed by atoms with Crippen molar-refractivity contribution in [2.24, 2.45) is 0 Å². The highest BCUT2D eigenvalue weighted by Crippen LogP contribution is 2.33. The standard InChI is InChI=1S/C11H8BrF3N4O2/c12-5-1-2-7(8(3-5)21-11(13,14)15)18-10(20)6-4-17-19-9(6)16/h1-4H,(H,18,20)(H3,16,17,19). The first-order valence-corrected chi connectivity index (χ1v) is 6.21. The number of nitrogens with two attached hydrogens (primary N) is 1. The van der Waals surface area contributed by atoms with Crippen LogP contribution in [0.2, 0.25) is 0 Å². The minimum Gasteiger partial charge on any atom is -0.404 e. The van der Waals surface area contributed by atoms with Crippen molar-refractivity contribution in [3.05, 3.63) is 34.4 Å². The minimum absolute atomic E-state index is 0.00269. The summed E-state index contributed by atoms with van der Waals surface area (Å²) in [6.45, 7) is 0. The van der Waals surface area contributed by atoms with Gasteiger partial charge in [0.15, 0.2) is 5.75 Å². The number of aromatic amines is 1. The second-order valence-electron chi connectivity index (χ2n) is 3.84. The summed E-state index contributed by atoms with van der Waals surface area (Å²) in [5, 5.41) is 8.18. The Labute approximate surface area is 124 Å². The highest BCUT2D eigenvalue weighted by molar-refractivity contribution is 9.10. The van der Waals surface area contributed by atoms with Crippen molar-refractivity contribution in [1.29, 1.82) is 0 Å². The molecular weight excluding hydrogens is 357 g/mol. The summed E-state index contributed by atoms with van der Waals surface area (Å²) in [5.74, 6) is -1.26. The number of hydrogen-bond acceptors (Lipinski definition) is 4. The lowest BCUT2D eigenvalue weighted by atomic mass is 10.2. The molecule has 0 unspecified atom stereocenters. The number of nitrogens with zero attached hydrogens (tertiary/aromatic N) is 1. The molecule has 0 fully saturated rings. The van der Waals surface area contributed by atoms with E-state index < -0.39 is 18.0 Å². The summed E-state index contributed by atoms with van der Waals surface area (Å²) >= 11 is 3.03. The fourth-order valence-electron chi connectivity index (χ4n) is 1.48. The Bertz CT molecular complexity index is 672. The summed E-state index contributed by atoms with van der Waals surface area (Å²) in [7, 11) is 0. The molecule has 0 bridgehead atoms. The number of rotatable bonds is 3. The molecule has 112 valence electrons. The number of carbonyl (C=O) groups is 1. The largest absolute Gasteiger partial charge is 0.573 e. The molecule has 0 atom stereocenters. The molecule has 1 aromatic heterocycles. The molecule has 1 heterocycles. The number of aromatic nitrogens is 2. The first kappa shape index (κ1) is 15.2. The van der Waals surface area contributed by atoms with Crippen LogP contribution in [0.4, 0.5) is 24.7 Å². The van der Waals surface area contributed by atoms with E-state index in [-0.39, 0.29) is 17.1 Å². The normalized spacial score (nSPS) is 11.2. The number of nitrogen functional groups attached to an aromatic ring is 1. The zero-order valence-corrected chi connectivity index (χ0v) is 11.7. The molecule has 0 aliphatic carbocycles. The molecule has 6 nitrogen and oxygen atoms in total. The number of ether oxygens (including phenoxy) is 1. The summed E-state index contributed by atoms with van der Waals surface area (Å²) in [5.41, 5.74) is 5.32. The van der Waals surface area contributed by atoms with Crippen molar-refractivity contribution < 1.29 is 22.7 Å². The summed E-state index contributed by atoms with van der Waals surface area (Å²) in [4.78, 5) is 11.9. The lowest BCUT2D eigenvalue weighted by molar-refractivity contribution is -0.274. The van der Waals surface area contributed by atoms with Gasteiger partial charge < -0.3 is 15.8 Å². The van der Waals surface area contributed by atoms with E-state index >= 15 is 0 Å². The van der Waals surface area contributed by atoms with Gasteiger partial charge in [-0.2, -0.15) is 5.10 Å². The second kappa shape index (κ2) is 5.64. The number of amides is 1. The maximum atomic E-state index is 12.3. The lowest BCUT2D eigenvalue weighted by Crippen LogP contribution is -2.20. The van der Waals surface area contributed by atoms with Crippen LogP contribution in [0.1, 0.15) is 10.4 Å². The van der Waals surface area contributed by atoms with Crippen LogP contribution in [0.3, 0.4) is 0 Å². The Hall–Kier alpha value is -2.23. The Morgan fingerprint density at radius 1 is 1.43 bits per heavy atom. The molecule has 4 N–H and O–H groups in total. The molecule has 2 rings (SSSR count). The van der Waals surface area contributed by atoms with Crippen LogP contribution >= 0.6 is 15.9 Å². The number of halogens is 4. The second-order valence-corrected chi connectivity index (χ2v) is 4.76. The van der Waals surface area contributed by atoms with Gasteiger partial charge in [0.05, 0.1) is 11.9 Å². The van der Waals surface area contributed by atoms with Crippen molar-refractivity contribution in [2.75, 3.05) is 11.1 Å². The molecule has 0 radical (unpaired) electrons. The number of H-pyrrole nitrogens is 1. The summed E-state index contributed by atoms with van der Waals surface area (Å²) in [6.07, 6.45) is -3.72. The predicted octanol–water partition coefficient (Wildman–Crippen LogP) is 2.91. The van der Waals surface area contributed by atoms with E-state index in [1.54, 1.807) is 0 Å². The Kier molecular flexibility index (Phi) is 4.07. The highest BCUT2D eigenvalue weighted by atomic mass is 79.9. The molecule has 1 aromatic carbocycles. The van der Waals surface area contributed by atoms with Gasteiger partial charge in [-0.3, -0.25) is 9.89 Å². The van der Waals surface area contributed by atoms with Crippen molar-refractivity contribution in [3.63, 3.8) is 0 Å². The molecule has 2 aromatic rings. The van der Waals surface area contributed by atoms with Crippen molar-refractivity contribution >= 4 is 33.3 Å². The number of nitrogens with one attached hydrogen (secondary N) is 2. The molecule has 0 spiro atoms. The predicted molar refractivity (Wildman–Crippen MR) is 71.8 cm³/mol. The average Bonchev–Trinajstić information content (AvgIpc) is 2.77. The van der Waals surface area contributed by atoms with E-state index in [2.05, 4.69) is 36.2 Å². The fourth-order valence-corrected chi connectivity index (χ4v) is 1.82. The molecule has 10 heteroatoms. The summed E-state index contributed by atoms with van der Waals surface area (Å²) in [6, 6.07) is 3.80. The fraction of sp³-hybridized carbons (Fsp3) is 0.0909. The Morgan fingerprint density at radius 2 is 2.14 bits per heavy atom. The van der Waals surface area contributed by atoms with E-state index in [4.69, 9.17) is 5.73 Å². The van der Waals surface area contributed by atoms with Gasteiger partial charge in [-0.15, -0.1) is 13.2 Å². The third-order valence-corrected chi connectivity index (χ3v) is 2.82.